The van der Waals surface area contributed by atoms with Crippen LogP contribution in [0.3, 0.4) is 0 Å². The molecule has 1 aliphatic carbocycles. The predicted octanol–water partition coefficient (Wildman–Crippen LogP) is 4.24. The average molecular weight is 377 g/mol. The Morgan fingerprint density at radius 1 is 0.929 bits per heavy atom. The Morgan fingerprint density at radius 2 is 1.64 bits per heavy atom. The van der Waals surface area contributed by atoms with E-state index >= 15 is 0 Å². The highest BCUT2D eigenvalue weighted by molar-refractivity contribution is 5.78. The normalized spacial score (nSPS) is 20.9. The van der Waals surface area contributed by atoms with Gasteiger partial charge < -0.3 is 15.0 Å². The van der Waals surface area contributed by atoms with Crippen molar-refractivity contribution in [3.05, 3.63) is 82.6 Å². The standard InChI is InChI=1S/C24H28N2O2/c25-16-21(26-23-9-5-4-8-20(23)12-15-24(26)27)17-28-22-13-10-19(11-14-22)18-6-2-1-3-7-18/h1-9,12,15,19,21-22H,10-11,13-14,16-17,25H2/t19-,21?,22+. The molecule has 0 aliphatic heterocycles. The van der Waals surface area contributed by atoms with Gasteiger partial charge in [0.25, 0.3) is 5.56 Å². The van der Waals surface area contributed by atoms with E-state index in [0.717, 1.165) is 36.6 Å². The minimum atomic E-state index is -0.148. The second-order valence-corrected chi connectivity index (χ2v) is 7.71. The first kappa shape index (κ1) is 18.9. The van der Waals surface area contributed by atoms with Crippen LogP contribution < -0.4 is 11.3 Å². The van der Waals surface area contributed by atoms with Gasteiger partial charge in [-0.1, -0.05) is 48.5 Å². The van der Waals surface area contributed by atoms with Crippen molar-refractivity contribution in [1.82, 2.24) is 4.57 Å². The van der Waals surface area contributed by atoms with Crippen molar-refractivity contribution in [2.45, 2.75) is 43.7 Å². The Morgan fingerprint density at radius 3 is 2.39 bits per heavy atom. The molecule has 4 nitrogen and oxygen atoms in total. The Balaban J connectivity index is 1.41. The molecule has 1 saturated carbocycles. The Labute approximate surface area is 165 Å². The number of hydrogen-bond acceptors (Lipinski definition) is 3. The SMILES string of the molecule is NCC(CO[C@H]1CC[C@@H](c2ccccc2)CC1)n1c(=O)ccc2ccccc21. The summed E-state index contributed by atoms with van der Waals surface area (Å²) in [6, 6.07) is 22.0. The first-order valence-corrected chi connectivity index (χ1v) is 10.2. The summed E-state index contributed by atoms with van der Waals surface area (Å²) in [5.74, 6) is 0.632. The van der Waals surface area contributed by atoms with Gasteiger partial charge in [0.05, 0.1) is 24.3 Å². The molecule has 3 aromatic rings. The van der Waals surface area contributed by atoms with Crippen molar-refractivity contribution in [3.63, 3.8) is 0 Å². The summed E-state index contributed by atoms with van der Waals surface area (Å²) < 4.78 is 8.04. The van der Waals surface area contributed by atoms with Gasteiger partial charge in [-0.05, 0) is 54.7 Å². The Kier molecular flexibility index (Phi) is 5.89. The fourth-order valence-corrected chi connectivity index (χ4v) is 4.37. The van der Waals surface area contributed by atoms with Crippen LogP contribution in [0.5, 0.6) is 0 Å². The van der Waals surface area contributed by atoms with Crippen LogP contribution in [0.2, 0.25) is 0 Å². The highest BCUT2D eigenvalue weighted by Crippen LogP contribution is 2.34. The molecule has 4 rings (SSSR count). The van der Waals surface area contributed by atoms with E-state index in [2.05, 4.69) is 30.3 Å². The summed E-state index contributed by atoms with van der Waals surface area (Å²) in [5.41, 5.74) is 8.37. The van der Waals surface area contributed by atoms with Crippen LogP contribution >= 0.6 is 0 Å². The van der Waals surface area contributed by atoms with Gasteiger partial charge in [-0.3, -0.25) is 4.79 Å². The lowest BCUT2D eigenvalue weighted by Gasteiger charge is -2.30. The topological polar surface area (TPSA) is 57.2 Å². The second-order valence-electron chi connectivity index (χ2n) is 7.71. The maximum absolute atomic E-state index is 12.5. The smallest absolute Gasteiger partial charge is 0.251 e. The summed E-state index contributed by atoms with van der Waals surface area (Å²) in [6.07, 6.45) is 4.66. The average Bonchev–Trinajstić information content (AvgIpc) is 2.76. The number of aromatic nitrogens is 1. The molecule has 1 unspecified atom stereocenters. The molecule has 0 radical (unpaired) electrons. The lowest BCUT2D eigenvalue weighted by Crippen LogP contribution is -2.34. The van der Waals surface area contributed by atoms with Gasteiger partial charge in [0.1, 0.15) is 0 Å². The minimum absolute atomic E-state index is 0.0227. The number of nitrogens with zero attached hydrogens (tertiary/aromatic N) is 1. The number of rotatable bonds is 6. The second kappa shape index (κ2) is 8.72. The van der Waals surface area contributed by atoms with Crippen molar-refractivity contribution >= 4 is 10.9 Å². The molecule has 0 saturated heterocycles. The van der Waals surface area contributed by atoms with E-state index in [1.807, 2.05) is 30.3 Å². The van der Waals surface area contributed by atoms with Crippen LogP contribution in [0.15, 0.2) is 71.5 Å². The van der Waals surface area contributed by atoms with Crippen LogP contribution in [-0.4, -0.2) is 23.8 Å². The molecule has 1 aromatic heterocycles. The van der Waals surface area contributed by atoms with Gasteiger partial charge in [0.15, 0.2) is 0 Å². The summed E-state index contributed by atoms with van der Waals surface area (Å²) in [6.45, 7) is 0.859. The summed E-state index contributed by atoms with van der Waals surface area (Å²) in [4.78, 5) is 12.5. The minimum Gasteiger partial charge on any atom is -0.376 e. The molecule has 2 N–H and O–H groups in total. The lowest BCUT2D eigenvalue weighted by molar-refractivity contribution is 0.00851. The van der Waals surface area contributed by atoms with Crippen LogP contribution in [-0.2, 0) is 4.74 Å². The summed E-state index contributed by atoms with van der Waals surface area (Å²) in [7, 11) is 0. The largest absolute Gasteiger partial charge is 0.376 e. The number of ether oxygens (including phenoxy) is 1. The number of fused-ring (bicyclic) bond motifs is 1. The van der Waals surface area contributed by atoms with Crippen molar-refractivity contribution in [3.8, 4) is 0 Å². The zero-order chi connectivity index (χ0) is 19.3. The van der Waals surface area contributed by atoms with Crippen LogP contribution in [0.25, 0.3) is 10.9 Å². The summed E-state index contributed by atoms with van der Waals surface area (Å²) in [5, 5.41) is 1.05. The van der Waals surface area contributed by atoms with Gasteiger partial charge in [-0.15, -0.1) is 0 Å². The van der Waals surface area contributed by atoms with E-state index in [4.69, 9.17) is 10.5 Å². The number of nitrogens with two attached hydrogens (primary N) is 1. The van der Waals surface area contributed by atoms with E-state index in [9.17, 15) is 4.79 Å². The maximum Gasteiger partial charge on any atom is 0.251 e. The molecule has 0 spiro atoms. The molecule has 1 aliphatic rings. The maximum atomic E-state index is 12.5. The molecule has 1 heterocycles. The van der Waals surface area contributed by atoms with E-state index < -0.39 is 0 Å². The first-order valence-electron chi connectivity index (χ1n) is 10.2. The number of hydrogen-bond donors (Lipinski definition) is 1. The molecule has 2 aromatic carbocycles. The third-order valence-electron chi connectivity index (χ3n) is 5.95. The number of pyridine rings is 1. The van der Waals surface area contributed by atoms with Crippen molar-refractivity contribution < 1.29 is 4.74 Å². The van der Waals surface area contributed by atoms with Gasteiger partial charge in [0, 0.05) is 12.6 Å². The molecule has 1 atom stereocenters. The molecule has 0 bridgehead atoms. The fourth-order valence-electron chi connectivity index (χ4n) is 4.37. The molecule has 28 heavy (non-hydrogen) atoms. The molecule has 1 fully saturated rings. The Hall–Kier alpha value is -2.43. The predicted molar refractivity (Wildman–Crippen MR) is 114 cm³/mol. The lowest BCUT2D eigenvalue weighted by atomic mass is 9.83. The van der Waals surface area contributed by atoms with Crippen LogP contribution in [0, 0.1) is 0 Å². The zero-order valence-corrected chi connectivity index (χ0v) is 16.2. The van der Waals surface area contributed by atoms with Crippen molar-refractivity contribution in [2.24, 2.45) is 5.73 Å². The van der Waals surface area contributed by atoms with E-state index in [-0.39, 0.29) is 17.7 Å². The third-order valence-corrected chi connectivity index (χ3v) is 5.95. The number of para-hydroxylation sites is 1. The highest BCUT2D eigenvalue weighted by Gasteiger charge is 2.24. The fraction of sp³-hybridized carbons (Fsp3) is 0.375. The van der Waals surface area contributed by atoms with Gasteiger partial charge >= 0.3 is 0 Å². The van der Waals surface area contributed by atoms with Crippen molar-refractivity contribution in [1.29, 1.82) is 0 Å². The zero-order valence-electron chi connectivity index (χ0n) is 16.2. The molecule has 4 heteroatoms. The van der Waals surface area contributed by atoms with Gasteiger partial charge in [-0.25, -0.2) is 0 Å². The highest BCUT2D eigenvalue weighted by atomic mass is 16.5. The molecular formula is C24H28N2O2. The molecular weight excluding hydrogens is 348 g/mol. The van der Waals surface area contributed by atoms with Gasteiger partial charge in [0.2, 0.25) is 0 Å². The first-order chi connectivity index (χ1) is 13.8. The van der Waals surface area contributed by atoms with Crippen molar-refractivity contribution in [2.75, 3.05) is 13.2 Å². The molecule has 0 amide bonds. The van der Waals surface area contributed by atoms with E-state index in [1.54, 1.807) is 10.6 Å². The quantitative estimate of drug-likeness (QED) is 0.700. The van der Waals surface area contributed by atoms with Crippen LogP contribution in [0.4, 0.5) is 0 Å². The van der Waals surface area contributed by atoms with Crippen LogP contribution in [0.1, 0.15) is 43.2 Å². The Bertz CT molecular complexity index is 959. The third kappa shape index (κ3) is 4.03. The monoisotopic (exact) mass is 376 g/mol. The van der Waals surface area contributed by atoms with E-state index in [1.165, 1.54) is 5.56 Å². The molecule has 146 valence electrons. The summed E-state index contributed by atoms with van der Waals surface area (Å²) >= 11 is 0. The van der Waals surface area contributed by atoms with E-state index in [0.29, 0.717) is 19.1 Å². The number of benzene rings is 2. The van der Waals surface area contributed by atoms with Gasteiger partial charge in [-0.2, -0.15) is 0 Å².